The fraction of sp³-hybridized carbons (Fsp3) is 0.333. The Morgan fingerprint density at radius 2 is 2.50 bits per heavy atom. The molecule has 14 heavy (non-hydrogen) atoms. The molecule has 0 aliphatic carbocycles. The van der Waals surface area contributed by atoms with Crippen molar-refractivity contribution in [3.63, 3.8) is 0 Å². The molecule has 74 valence electrons. The summed E-state index contributed by atoms with van der Waals surface area (Å²) in [6, 6.07) is 2.93. The summed E-state index contributed by atoms with van der Waals surface area (Å²) in [6.45, 7) is 2.07. The summed E-state index contributed by atoms with van der Waals surface area (Å²) in [5.74, 6) is -0.654. The third-order valence-corrected chi connectivity index (χ3v) is 2.08. The highest BCUT2D eigenvalue weighted by molar-refractivity contribution is 5.90. The Labute approximate surface area is 80.3 Å². The third-order valence-electron chi connectivity index (χ3n) is 2.08. The molecular formula is C9H9FN2O2. The molecule has 1 aliphatic heterocycles. The van der Waals surface area contributed by atoms with Crippen molar-refractivity contribution in [2.45, 2.75) is 13.0 Å². The van der Waals surface area contributed by atoms with Crippen LogP contribution in [0.2, 0.25) is 0 Å². The predicted molar refractivity (Wildman–Crippen MR) is 47.5 cm³/mol. The van der Waals surface area contributed by atoms with E-state index in [-0.39, 0.29) is 18.3 Å². The van der Waals surface area contributed by atoms with Crippen molar-refractivity contribution in [2.75, 3.05) is 11.5 Å². The maximum atomic E-state index is 13.2. The van der Waals surface area contributed by atoms with Gasteiger partial charge in [-0.1, -0.05) is 0 Å². The van der Waals surface area contributed by atoms with Gasteiger partial charge in [0.15, 0.2) is 0 Å². The van der Waals surface area contributed by atoms with Gasteiger partial charge in [0.25, 0.3) is 0 Å². The van der Waals surface area contributed by atoms with Crippen LogP contribution >= 0.6 is 0 Å². The minimum Gasteiger partial charge on any atom is -0.447 e. The Morgan fingerprint density at radius 3 is 3.07 bits per heavy atom. The zero-order chi connectivity index (χ0) is 10.1. The first-order valence-electron chi connectivity index (χ1n) is 4.26. The monoisotopic (exact) mass is 196 g/mol. The fourth-order valence-corrected chi connectivity index (χ4v) is 1.41. The molecule has 1 unspecified atom stereocenters. The molecule has 0 bridgehead atoms. The SMILES string of the molecule is CC1COC(=O)N1c1cccnc1F. The standard InChI is InChI=1S/C9H9FN2O2/c1-6-5-14-9(13)12(6)7-3-2-4-11-8(7)10/h2-4,6H,5H2,1H3. The van der Waals surface area contributed by atoms with Gasteiger partial charge in [0.2, 0.25) is 5.95 Å². The zero-order valence-electron chi connectivity index (χ0n) is 7.61. The Balaban J connectivity index is 2.39. The molecular weight excluding hydrogens is 187 g/mol. The highest BCUT2D eigenvalue weighted by atomic mass is 19.1. The average molecular weight is 196 g/mol. The number of ether oxygens (including phenoxy) is 1. The lowest BCUT2D eigenvalue weighted by molar-refractivity contribution is 0.179. The van der Waals surface area contributed by atoms with Gasteiger partial charge in [-0.15, -0.1) is 0 Å². The summed E-state index contributed by atoms with van der Waals surface area (Å²) in [7, 11) is 0. The van der Waals surface area contributed by atoms with E-state index in [2.05, 4.69) is 4.98 Å². The molecule has 2 rings (SSSR count). The van der Waals surface area contributed by atoms with Crippen molar-refractivity contribution in [3.05, 3.63) is 24.3 Å². The summed E-state index contributed by atoms with van der Waals surface area (Å²) in [6.07, 6.45) is 0.814. The maximum absolute atomic E-state index is 13.2. The first-order chi connectivity index (χ1) is 6.70. The number of carbonyl (C=O) groups excluding carboxylic acids is 1. The Morgan fingerprint density at radius 1 is 1.71 bits per heavy atom. The van der Waals surface area contributed by atoms with Gasteiger partial charge in [0.1, 0.15) is 12.3 Å². The number of anilines is 1. The highest BCUT2D eigenvalue weighted by Gasteiger charge is 2.32. The van der Waals surface area contributed by atoms with Gasteiger partial charge >= 0.3 is 6.09 Å². The number of pyridine rings is 1. The maximum Gasteiger partial charge on any atom is 0.414 e. The molecule has 1 saturated heterocycles. The van der Waals surface area contributed by atoms with E-state index >= 15 is 0 Å². The number of nitrogens with zero attached hydrogens (tertiary/aromatic N) is 2. The molecule has 5 heteroatoms. The number of rotatable bonds is 1. The van der Waals surface area contributed by atoms with Crippen LogP contribution in [0.15, 0.2) is 18.3 Å². The summed E-state index contributed by atoms with van der Waals surface area (Å²) in [4.78, 5) is 16.0. The van der Waals surface area contributed by atoms with Crippen LogP contribution in [0.4, 0.5) is 14.9 Å². The fourth-order valence-electron chi connectivity index (χ4n) is 1.41. The van der Waals surface area contributed by atoms with Gasteiger partial charge in [0, 0.05) is 6.20 Å². The van der Waals surface area contributed by atoms with E-state index in [1.54, 1.807) is 13.0 Å². The molecule has 1 aromatic rings. The van der Waals surface area contributed by atoms with Gasteiger partial charge in [-0.3, -0.25) is 4.90 Å². The summed E-state index contributed by atoms with van der Waals surface area (Å²) >= 11 is 0. The first-order valence-corrected chi connectivity index (χ1v) is 4.26. The van der Waals surface area contributed by atoms with Crippen LogP contribution in [-0.4, -0.2) is 23.7 Å². The first kappa shape index (κ1) is 8.93. The van der Waals surface area contributed by atoms with E-state index < -0.39 is 12.0 Å². The van der Waals surface area contributed by atoms with Gasteiger partial charge < -0.3 is 4.74 Å². The Bertz CT molecular complexity index is 370. The number of halogens is 1. The molecule has 1 atom stereocenters. The van der Waals surface area contributed by atoms with E-state index in [1.165, 1.54) is 17.2 Å². The molecule has 0 saturated carbocycles. The second-order valence-electron chi connectivity index (χ2n) is 3.11. The average Bonchev–Trinajstić information content (AvgIpc) is 2.48. The van der Waals surface area contributed by atoms with E-state index in [0.717, 1.165) is 0 Å². The summed E-state index contributed by atoms with van der Waals surface area (Å²) in [5.41, 5.74) is 0.169. The van der Waals surface area contributed by atoms with Crippen molar-refractivity contribution < 1.29 is 13.9 Å². The third kappa shape index (κ3) is 1.30. The molecule has 1 amide bonds. The molecule has 0 spiro atoms. The smallest absolute Gasteiger partial charge is 0.414 e. The number of amides is 1. The van der Waals surface area contributed by atoms with Gasteiger partial charge in [-0.2, -0.15) is 4.39 Å². The number of carbonyl (C=O) groups is 1. The molecule has 0 N–H and O–H groups in total. The topological polar surface area (TPSA) is 42.4 Å². The van der Waals surface area contributed by atoms with Crippen molar-refractivity contribution in [2.24, 2.45) is 0 Å². The van der Waals surface area contributed by atoms with Crippen LogP contribution in [0, 0.1) is 5.95 Å². The zero-order valence-corrected chi connectivity index (χ0v) is 7.61. The van der Waals surface area contributed by atoms with Crippen molar-refractivity contribution in [1.29, 1.82) is 0 Å². The van der Waals surface area contributed by atoms with Crippen molar-refractivity contribution in [1.82, 2.24) is 4.98 Å². The number of cyclic esters (lactones) is 1. The highest BCUT2D eigenvalue weighted by Crippen LogP contribution is 2.24. The molecule has 1 fully saturated rings. The van der Waals surface area contributed by atoms with E-state index in [4.69, 9.17) is 4.74 Å². The summed E-state index contributed by atoms with van der Waals surface area (Å²) in [5, 5.41) is 0. The largest absolute Gasteiger partial charge is 0.447 e. The van der Waals surface area contributed by atoms with Gasteiger partial charge in [-0.05, 0) is 19.1 Å². The van der Waals surface area contributed by atoms with Crippen LogP contribution < -0.4 is 4.90 Å². The van der Waals surface area contributed by atoms with Crippen LogP contribution in [0.3, 0.4) is 0 Å². The molecule has 2 heterocycles. The van der Waals surface area contributed by atoms with Crippen molar-refractivity contribution in [3.8, 4) is 0 Å². The number of hydrogen-bond acceptors (Lipinski definition) is 3. The van der Waals surface area contributed by atoms with Gasteiger partial charge in [-0.25, -0.2) is 9.78 Å². The Kier molecular flexibility index (Phi) is 2.07. The molecule has 4 nitrogen and oxygen atoms in total. The van der Waals surface area contributed by atoms with Crippen molar-refractivity contribution >= 4 is 11.8 Å². The van der Waals surface area contributed by atoms with E-state index in [0.29, 0.717) is 0 Å². The lowest BCUT2D eigenvalue weighted by Gasteiger charge is -2.17. The molecule has 0 radical (unpaired) electrons. The van der Waals surface area contributed by atoms with E-state index in [9.17, 15) is 9.18 Å². The molecule has 1 aliphatic rings. The number of hydrogen-bond donors (Lipinski definition) is 0. The minimum absolute atomic E-state index is 0.152. The van der Waals surface area contributed by atoms with Crippen LogP contribution in [0.25, 0.3) is 0 Å². The molecule has 0 aromatic carbocycles. The number of aromatic nitrogens is 1. The van der Waals surface area contributed by atoms with Gasteiger partial charge in [0.05, 0.1) is 6.04 Å². The van der Waals surface area contributed by atoms with Crippen LogP contribution in [0.1, 0.15) is 6.92 Å². The predicted octanol–water partition coefficient (Wildman–Crippen LogP) is 1.57. The quantitative estimate of drug-likeness (QED) is 0.640. The van der Waals surface area contributed by atoms with Crippen LogP contribution in [-0.2, 0) is 4.74 Å². The normalized spacial score (nSPS) is 21.1. The second-order valence-corrected chi connectivity index (χ2v) is 3.11. The minimum atomic E-state index is -0.654. The summed E-state index contributed by atoms with van der Waals surface area (Å²) < 4.78 is 18.0. The van der Waals surface area contributed by atoms with Crippen LogP contribution in [0.5, 0.6) is 0 Å². The molecule has 1 aromatic heterocycles. The second kappa shape index (κ2) is 3.25. The lowest BCUT2D eigenvalue weighted by Crippen LogP contribution is -2.31. The lowest BCUT2D eigenvalue weighted by atomic mass is 10.3. The van der Waals surface area contributed by atoms with E-state index in [1.807, 2.05) is 0 Å². The Hall–Kier alpha value is -1.65.